The van der Waals surface area contributed by atoms with Crippen molar-refractivity contribution in [1.29, 1.82) is 0 Å². The number of aromatic nitrogens is 4. The SMILES string of the molecule is Cc1nc(Nc2nc3c(c(N4CCC(O)C4)n2)CCN3Cc2cccnc2)sc1C(=O)O. The van der Waals surface area contributed by atoms with Gasteiger partial charge in [-0.05, 0) is 31.4 Å². The van der Waals surface area contributed by atoms with Crippen LogP contribution in [0.15, 0.2) is 24.5 Å². The fourth-order valence-corrected chi connectivity index (χ4v) is 4.96. The summed E-state index contributed by atoms with van der Waals surface area (Å²) >= 11 is 1.06. The van der Waals surface area contributed by atoms with Crippen LogP contribution in [-0.4, -0.2) is 61.9 Å². The number of hydrogen-bond acceptors (Lipinski definition) is 10. The first-order chi connectivity index (χ1) is 15.5. The number of thiazole rings is 1. The van der Waals surface area contributed by atoms with Gasteiger partial charge in [0, 0.05) is 44.1 Å². The second kappa shape index (κ2) is 8.32. The number of carboxylic acids is 1. The number of rotatable bonds is 6. The van der Waals surface area contributed by atoms with E-state index < -0.39 is 5.97 Å². The second-order valence-electron chi connectivity index (χ2n) is 7.96. The highest BCUT2D eigenvalue weighted by molar-refractivity contribution is 7.17. The minimum Gasteiger partial charge on any atom is -0.477 e. The topological polar surface area (TPSA) is 128 Å². The molecule has 0 aliphatic carbocycles. The second-order valence-corrected chi connectivity index (χ2v) is 8.96. The van der Waals surface area contributed by atoms with Crippen molar-refractivity contribution in [2.45, 2.75) is 32.4 Å². The summed E-state index contributed by atoms with van der Waals surface area (Å²) in [7, 11) is 0. The molecule has 0 bridgehead atoms. The number of anilines is 4. The molecule has 3 aromatic rings. The summed E-state index contributed by atoms with van der Waals surface area (Å²) in [6.45, 7) is 4.42. The Kier molecular flexibility index (Phi) is 5.35. The monoisotopic (exact) mass is 453 g/mol. The van der Waals surface area contributed by atoms with Gasteiger partial charge >= 0.3 is 5.97 Å². The molecular formula is C21H23N7O3S. The number of nitrogens with zero attached hydrogens (tertiary/aromatic N) is 6. The first-order valence-corrected chi connectivity index (χ1v) is 11.2. The van der Waals surface area contributed by atoms with Crippen LogP contribution >= 0.6 is 11.3 Å². The predicted molar refractivity (Wildman–Crippen MR) is 121 cm³/mol. The molecule has 0 aromatic carbocycles. The molecular weight excluding hydrogens is 430 g/mol. The third kappa shape index (κ3) is 3.96. The van der Waals surface area contributed by atoms with Gasteiger partial charge in [0.2, 0.25) is 5.95 Å². The lowest BCUT2D eigenvalue weighted by Crippen LogP contribution is -2.24. The average molecular weight is 454 g/mol. The Morgan fingerprint density at radius 3 is 2.81 bits per heavy atom. The zero-order valence-corrected chi connectivity index (χ0v) is 18.3. The summed E-state index contributed by atoms with van der Waals surface area (Å²) in [5.74, 6) is 1.02. The van der Waals surface area contributed by atoms with E-state index in [0.29, 0.717) is 36.3 Å². The van der Waals surface area contributed by atoms with Gasteiger partial charge in [-0.1, -0.05) is 17.4 Å². The summed E-state index contributed by atoms with van der Waals surface area (Å²) in [5, 5.41) is 22.9. The molecule has 3 N–H and O–H groups in total. The Bertz CT molecular complexity index is 1150. The van der Waals surface area contributed by atoms with Crippen molar-refractivity contribution in [3.05, 3.63) is 46.2 Å². The first kappa shape index (κ1) is 20.6. The van der Waals surface area contributed by atoms with Crippen molar-refractivity contribution >= 4 is 40.0 Å². The van der Waals surface area contributed by atoms with E-state index in [0.717, 1.165) is 53.6 Å². The van der Waals surface area contributed by atoms with Crippen molar-refractivity contribution in [2.75, 3.05) is 34.8 Å². The van der Waals surface area contributed by atoms with Crippen molar-refractivity contribution in [3.63, 3.8) is 0 Å². The minimum absolute atomic E-state index is 0.190. The summed E-state index contributed by atoms with van der Waals surface area (Å²) in [5.41, 5.74) is 2.61. The fraction of sp³-hybridized carbons (Fsp3) is 0.381. The van der Waals surface area contributed by atoms with Crippen molar-refractivity contribution in [2.24, 2.45) is 0 Å². The Hall–Kier alpha value is -3.31. The number of aromatic carboxylic acids is 1. The summed E-state index contributed by atoms with van der Waals surface area (Å²) in [6.07, 6.45) is 4.75. The highest BCUT2D eigenvalue weighted by Crippen LogP contribution is 2.37. The lowest BCUT2D eigenvalue weighted by atomic mass is 10.2. The molecule has 2 aliphatic rings. The van der Waals surface area contributed by atoms with Gasteiger partial charge in [-0.2, -0.15) is 9.97 Å². The van der Waals surface area contributed by atoms with Gasteiger partial charge in [0.1, 0.15) is 16.5 Å². The van der Waals surface area contributed by atoms with E-state index in [2.05, 4.69) is 25.1 Å². The maximum atomic E-state index is 11.4. The van der Waals surface area contributed by atoms with E-state index in [4.69, 9.17) is 9.97 Å². The lowest BCUT2D eigenvalue weighted by Gasteiger charge is -2.22. The van der Waals surface area contributed by atoms with Crippen LogP contribution in [0.3, 0.4) is 0 Å². The molecule has 166 valence electrons. The van der Waals surface area contributed by atoms with Crippen LogP contribution in [0.2, 0.25) is 0 Å². The molecule has 1 saturated heterocycles. The van der Waals surface area contributed by atoms with Gasteiger partial charge in [-0.15, -0.1) is 0 Å². The van der Waals surface area contributed by atoms with E-state index in [1.165, 1.54) is 0 Å². The normalized spacial score (nSPS) is 17.6. The van der Waals surface area contributed by atoms with Gasteiger partial charge in [-0.25, -0.2) is 9.78 Å². The first-order valence-electron chi connectivity index (χ1n) is 10.4. The molecule has 2 aliphatic heterocycles. The number of β-amino-alcohol motifs (C(OH)–C–C–N with tert-alkyl or cyclic N) is 1. The molecule has 1 fully saturated rings. The number of carbonyl (C=O) groups is 1. The number of nitrogens with one attached hydrogen (secondary N) is 1. The summed E-state index contributed by atoms with van der Waals surface area (Å²) in [6, 6.07) is 3.95. The van der Waals surface area contributed by atoms with Crippen LogP contribution in [0.4, 0.5) is 22.7 Å². The maximum absolute atomic E-state index is 11.4. The molecule has 1 atom stereocenters. The summed E-state index contributed by atoms with van der Waals surface area (Å²) < 4.78 is 0. The van der Waals surface area contributed by atoms with Crippen LogP contribution in [-0.2, 0) is 13.0 Å². The number of fused-ring (bicyclic) bond motifs is 1. The smallest absolute Gasteiger partial charge is 0.347 e. The van der Waals surface area contributed by atoms with Gasteiger partial charge in [0.25, 0.3) is 0 Å². The van der Waals surface area contributed by atoms with Crippen LogP contribution in [0.1, 0.15) is 32.9 Å². The van der Waals surface area contributed by atoms with Gasteiger partial charge in [0.05, 0.1) is 11.8 Å². The predicted octanol–water partition coefficient (Wildman–Crippen LogP) is 2.21. The molecule has 5 heterocycles. The van der Waals surface area contributed by atoms with Crippen LogP contribution in [0, 0.1) is 6.92 Å². The molecule has 3 aromatic heterocycles. The number of hydrogen-bond donors (Lipinski definition) is 3. The number of carboxylic acid groups (broad SMARTS) is 1. The Labute approximate surface area is 188 Å². The molecule has 0 amide bonds. The van der Waals surface area contributed by atoms with Crippen molar-refractivity contribution in [3.8, 4) is 0 Å². The molecule has 5 rings (SSSR count). The molecule has 0 radical (unpaired) electrons. The third-order valence-corrected chi connectivity index (χ3v) is 6.72. The van der Waals surface area contributed by atoms with Crippen molar-refractivity contribution in [1.82, 2.24) is 19.9 Å². The zero-order valence-electron chi connectivity index (χ0n) is 17.5. The number of aliphatic hydroxyl groups excluding tert-OH is 1. The largest absolute Gasteiger partial charge is 0.477 e. The fourth-order valence-electron chi connectivity index (χ4n) is 4.16. The molecule has 10 nitrogen and oxygen atoms in total. The Morgan fingerprint density at radius 1 is 1.28 bits per heavy atom. The van der Waals surface area contributed by atoms with Crippen LogP contribution < -0.4 is 15.1 Å². The molecule has 11 heteroatoms. The van der Waals surface area contributed by atoms with E-state index in [1.54, 1.807) is 13.1 Å². The minimum atomic E-state index is -1.00. The Morgan fingerprint density at radius 2 is 2.12 bits per heavy atom. The van der Waals surface area contributed by atoms with E-state index >= 15 is 0 Å². The molecule has 32 heavy (non-hydrogen) atoms. The average Bonchev–Trinajstić information content (AvgIpc) is 3.47. The van der Waals surface area contributed by atoms with Gasteiger partial charge < -0.3 is 20.0 Å². The Balaban J connectivity index is 1.50. The zero-order chi connectivity index (χ0) is 22.2. The standard InChI is InChI=1S/C21H23N7O3S/c1-12-16(19(30)31)32-21(23-12)26-20-24-17-15(18(25-20)28-7-4-14(29)11-28)5-8-27(17)10-13-3-2-6-22-9-13/h2-3,6,9,14,29H,4-5,7-8,10-11H2,1H3,(H,30,31)(H,23,24,25,26). The number of aryl methyl sites for hydroxylation is 1. The van der Waals surface area contributed by atoms with E-state index in [1.807, 2.05) is 18.3 Å². The maximum Gasteiger partial charge on any atom is 0.347 e. The van der Waals surface area contributed by atoms with Crippen LogP contribution in [0.5, 0.6) is 0 Å². The molecule has 0 spiro atoms. The highest BCUT2D eigenvalue weighted by atomic mass is 32.1. The molecule has 1 unspecified atom stereocenters. The third-order valence-electron chi connectivity index (χ3n) is 5.66. The highest BCUT2D eigenvalue weighted by Gasteiger charge is 2.31. The van der Waals surface area contributed by atoms with E-state index in [-0.39, 0.29) is 11.0 Å². The number of aliphatic hydroxyl groups is 1. The van der Waals surface area contributed by atoms with Gasteiger partial charge in [0.15, 0.2) is 5.13 Å². The lowest BCUT2D eigenvalue weighted by molar-refractivity contribution is 0.0701. The van der Waals surface area contributed by atoms with E-state index in [9.17, 15) is 15.0 Å². The number of pyridine rings is 1. The van der Waals surface area contributed by atoms with Crippen molar-refractivity contribution < 1.29 is 15.0 Å². The summed E-state index contributed by atoms with van der Waals surface area (Å²) in [4.78, 5) is 33.9. The van der Waals surface area contributed by atoms with Crippen LogP contribution in [0.25, 0.3) is 0 Å². The quantitative estimate of drug-likeness (QED) is 0.511. The molecule has 0 saturated carbocycles. The van der Waals surface area contributed by atoms with Gasteiger partial charge in [-0.3, -0.25) is 10.3 Å².